The summed E-state index contributed by atoms with van der Waals surface area (Å²) >= 11 is 6.47. The third-order valence-electron chi connectivity index (χ3n) is 1.74. The van der Waals surface area contributed by atoms with Gasteiger partial charge in [-0.25, -0.2) is 4.39 Å². The Kier molecular flexibility index (Phi) is 2.34. The number of rotatable bonds is 0. The fraction of sp³-hybridized carbons (Fsp3) is 0. The van der Waals surface area contributed by atoms with Gasteiger partial charge in [-0.15, -0.1) is 0 Å². The summed E-state index contributed by atoms with van der Waals surface area (Å²) in [6, 6.07) is 5.28. The van der Waals surface area contributed by atoms with E-state index in [0.717, 1.165) is 9.86 Å². The molecule has 66 valence electrons. The summed E-state index contributed by atoms with van der Waals surface area (Å²) < 4.78 is 14.7. The zero-order valence-corrected chi connectivity index (χ0v) is 9.56. The van der Waals surface area contributed by atoms with E-state index in [1.54, 1.807) is 18.3 Å². The molecule has 0 bridgehead atoms. The minimum Gasteiger partial charge on any atom is -0.253 e. The van der Waals surface area contributed by atoms with Crippen LogP contribution >= 0.6 is 31.9 Å². The summed E-state index contributed by atoms with van der Waals surface area (Å²) in [4.78, 5) is 3.97. The Morgan fingerprint density at radius 3 is 2.77 bits per heavy atom. The van der Waals surface area contributed by atoms with Crippen molar-refractivity contribution in [1.29, 1.82) is 0 Å². The van der Waals surface area contributed by atoms with E-state index < -0.39 is 0 Å². The lowest BCUT2D eigenvalue weighted by Gasteiger charge is -2.02. The van der Waals surface area contributed by atoms with Crippen molar-refractivity contribution in [2.24, 2.45) is 0 Å². The van der Waals surface area contributed by atoms with E-state index in [1.807, 2.05) is 6.07 Å². The predicted molar refractivity (Wildman–Crippen MR) is 57.1 cm³/mol. The molecule has 0 N–H and O–H groups in total. The number of hydrogen-bond donors (Lipinski definition) is 0. The fourth-order valence-electron chi connectivity index (χ4n) is 1.14. The van der Waals surface area contributed by atoms with Crippen molar-refractivity contribution in [2.45, 2.75) is 0 Å². The Labute approximate surface area is 91.2 Å². The van der Waals surface area contributed by atoms with Crippen molar-refractivity contribution in [3.8, 4) is 0 Å². The third-order valence-corrected chi connectivity index (χ3v) is 2.97. The molecule has 1 nitrogen and oxygen atoms in total. The van der Waals surface area contributed by atoms with Gasteiger partial charge in [0.1, 0.15) is 5.52 Å². The van der Waals surface area contributed by atoms with Crippen LogP contribution in [0.2, 0.25) is 0 Å². The molecule has 1 heterocycles. The lowest BCUT2D eigenvalue weighted by Crippen LogP contribution is -1.86. The molecule has 0 spiro atoms. The van der Waals surface area contributed by atoms with Crippen LogP contribution in [0, 0.1) is 5.82 Å². The van der Waals surface area contributed by atoms with Crippen LogP contribution in [0.25, 0.3) is 10.9 Å². The summed E-state index contributed by atoms with van der Waals surface area (Å²) in [5, 5.41) is 0.781. The smallest absolute Gasteiger partial charge is 0.163 e. The van der Waals surface area contributed by atoms with Gasteiger partial charge in [-0.1, -0.05) is 22.0 Å². The molecule has 2 rings (SSSR count). The second-order valence-corrected chi connectivity index (χ2v) is 4.26. The van der Waals surface area contributed by atoms with Crippen LogP contribution in [0.5, 0.6) is 0 Å². The van der Waals surface area contributed by atoms with E-state index in [1.165, 1.54) is 0 Å². The van der Waals surface area contributed by atoms with E-state index in [0.29, 0.717) is 9.99 Å². The van der Waals surface area contributed by atoms with Crippen molar-refractivity contribution in [2.75, 3.05) is 0 Å². The van der Waals surface area contributed by atoms with Gasteiger partial charge in [0.05, 0.1) is 4.47 Å². The first-order chi connectivity index (χ1) is 6.20. The van der Waals surface area contributed by atoms with Crippen LogP contribution in [0.4, 0.5) is 4.39 Å². The van der Waals surface area contributed by atoms with Gasteiger partial charge in [0.15, 0.2) is 5.82 Å². The Bertz CT molecular complexity index is 470. The molecule has 0 saturated heterocycles. The topological polar surface area (TPSA) is 12.9 Å². The number of benzene rings is 1. The van der Waals surface area contributed by atoms with Crippen LogP contribution in [-0.4, -0.2) is 4.98 Å². The fourth-order valence-corrected chi connectivity index (χ4v) is 2.41. The minimum absolute atomic E-state index is 0.321. The normalized spacial score (nSPS) is 10.7. The van der Waals surface area contributed by atoms with Crippen molar-refractivity contribution in [3.05, 3.63) is 39.2 Å². The summed E-state index contributed by atoms with van der Waals surface area (Å²) in [7, 11) is 0. The molecule has 0 unspecified atom stereocenters. The highest BCUT2D eigenvalue weighted by molar-refractivity contribution is 9.11. The van der Waals surface area contributed by atoms with Gasteiger partial charge >= 0.3 is 0 Å². The first-order valence-electron chi connectivity index (χ1n) is 3.58. The Morgan fingerprint density at radius 1 is 1.23 bits per heavy atom. The molecule has 0 atom stereocenters. The van der Waals surface area contributed by atoms with Crippen LogP contribution in [0.3, 0.4) is 0 Å². The lowest BCUT2D eigenvalue weighted by atomic mass is 10.2. The zero-order chi connectivity index (χ0) is 9.42. The summed E-state index contributed by atoms with van der Waals surface area (Å²) in [5.41, 5.74) is 0.378. The molecule has 1 aromatic carbocycles. The Balaban J connectivity index is 2.97. The highest BCUT2D eigenvalue weighted by atomic mass is 79.9. The van der Waals surface area contributed by atoms with Crippen molar-refractivity contribution in [1.82, 2.24) is 4.98 Å². The van der Waals surface area contributed by atoms with Gasteiger partial charge in [0.2, 0.25) is 0 Å². The van der Waals surface area contributed by atoms with Crippen molar-refractivity contribution in [3.63, 3.8) is 0 Å². The SMILES string of the molecule is Fc1c(Br)cc(Br)c2cccnc12. The predicted octanol–water partition coefficient (Wildman–Crippen LogP) is 3.90. The summed E-state index contributed by atoms with van der Waals surface area (Å²) in [6.07, 6.45) is 1.57. The van der Waals surface area contributed by atoms with E-state index in [2.05, 4.69) is 36.8 Å². The maximum atomic E-state index is 13.4. The molecule has 13 heavy (non-hydrogen) atoms. The lowest BCUT2D eigenvalue weighted by molar-refractivity contribution is 0.630. The van der Waals surface area contributed by atoms with E-state index >= 15 is 0 Å². The number of halogens is 3. The molecule has 0 fully saturated rings. The van der Waals surface area contributed by atoms with Gasteiger partial charge < -0.3 is 0 Å². The highest BCUT2D eigenvalue weighted by Gasteiger charge is 2.08. The minimum atomic E-state index is -0.321. The number of nitrogens with zero attached hydrogens (tertiary/aromatic N) is 1. The molecular formula is C9H4Br2FN. The molecule has 0 radical (unpaired) electrons. The Morgan fingerprint density at radius 2 is 2.00 bits per heavy atom. The molecule has 0 saturated carbocycles. The molecule has 1 aromatic heterocycles. The largest absolute Gasteiger partial charge is 0.253 e. The standard InChI is InChI=1S/C9H4Br2FN/c10-6-4-7(11)8(12)9-5(6)2-1-3-13-9/h1-4H. The number of aromatic nitrogens is 1. The summed E-state index contributed by atoms with van der Waals surface area (Å²) in [5.74, 6) is -0.321. The van der Waals surface area contributed by atoms with Gasteiger partial charge in [-0.05, 0) is 28.1 Å². The Hall–Kier alpha value is -0.480. The van der Waals surface area contributed by atoms with Gasteiger partial charge in [-0.2, -0.15) is 0 Å². The zero-order valence-electron chi connectivity index (χ0n) is 6.39. The van der Waals surface area contributed by atoms with Crippen LogP contribution in [-0.2, 0) is 0 Å². The molecule has 0 aliphatic carbocycles. The maximum absolute atomic E-state index is 13.4. The van der Waals surface area contributed by atoms with Crippen LogP contribution in [0.15, 0.2) is 33.3 Å². The second kappa shape index (κ2) is 3.35. The van der Waals surface area contributed by atoms with E-state index in [9.17, 15) is 4.39 Å². The quantitative estimate of drug-likeness (QED) is 0.673. The van der Waals surface area contributed by atoms with Gasteiger partial charge in [-0.3, -0.25) is 4.98 Å². The van der Waals surface area contributed by atoms with Gasteiger partial charge in [0.25, 0.3) is 0 Å². The third kappa shape index (κ3) is 1.48. The molecule has 0 aliphatic heterocycles. The average Bonchev–Trinajstić information content (AvgIpc) is 2.15. The maximum Gasteiger partial charge on any atom is 0.163 e. The highest BCUT2D eigenvalue weighted by Crippen LogP contribution is 2.30. The second-order valence-electron chi connectivity index (χ2n) is 2.55. The first kappa shape index (κ1) is 9.09. The van der Waals surface area contributed by atoms with Gasteiger partial charge in [0, 0.05) is 16.1 Å². The number of fused-ring (bicyclic) bond motifs is 1. The van der Waals surface area contributed by atoms with E-state index in [4.69, 9.17) is 0 Å². The number of pyridine rings is 1. The molecule has 0 amide bonds. The monoisotopic (exact) mass is 303 g/mol. The molecule has 2 aromatic rings. The van der Waals surface area contributed by atoms with Crippen LogP contribution < -0.4 is 0 Å². The first-order valence-corrected chi connectivity index (χ1v) is 5.17. The molecule has 4 heteroatoms. The van der Waals surface area contributed by atoms with Crippen molar-refractivity contribution < 1.29 is 4.39 Å². The van der Waals surface area contributed by atoms with E-state index in [-0.39, 0.29) is 5.82 Å². The number of hydrogen-bond acceptors (Lipinski definition) is 1. The molecular weight excluding hydrogens is 301 g/mol. The average molecular weight is 305 g/mol. The van der Waals surface area contributed by atoms with Crippen LogP contribution in [0.1, 0.15) is 0 Å². The molecule has 0 aliphatic rings. The van der Waals surface area contributed by atoms with Crippen molar-refractivity contribution >= 4 is 42.8 Å². The summed E-state index contributed by atoms with van der Waals surface area (Å²) in [6.45, 7) is 0.